The lowest BCUT2D eigenvalue weighted by atomic mass is 9.89. The third-order valence-electron chi connectivity index (χ3n) is 6.32. The van der Waals surface area contributed by atoms with Crippen LogP contribution in [-0.4, -0.2) is 31.7 Å². The lowest BCUT2D eigenvalue weighted by Gasteiger charge is -2.19. The molecular formula is C24H26N2O3. The summed E-state index contributed by atoms with van der Waals surface area (Å²) in [5.74, 6) is 1.61. The maximum absolute atomic E-state index is 12.0. The summed E-state index contributed by atoms with van der Waals surface area (Å²) in [6.07, 6.45) is 4.48. The van der Waals surface area contributed by atoms with E-state index in [1.165, 1.54) is 29.6 Å². The fraction of sp³-hybridized carbons (Fsp3) is 0.375. The van der Waals surface area contributed by atoms with Crippen molar-refractivity contribution in [2.24, 2.45) is 0 Å². The second-order valence-electron chi connectivity index (χ2n) is 8.15. The van der Waals surface area contributed by atoms with Gasteiger partial charge < -0.3 is 20.1 Å². The second-order valence-corrected chi connectivity index (χ2v) is 8.15. The van der Waals surface area contributed by atoms with E-state index in [9.17, 15) is 4.79 Å². The van der Waals surface area contributed by atoms with E-state index in [1.54, 1.807) is 7.11 Å². The van der Waals surface area contributed by atoms with Gasteiger partial charge in [0.1, 0.15) is 18.1 Å². The van der Waals surface area contributed by atoms with Crippen molar-refractivity contribution in [2.75, 3.05) is 13.7 Å². The van der Waals surface area contributed by atoms with E-state index in [1.807, 2.05) is 30.3 Å². The van der Waals surface area contributed by atoms with E-state index in [4.69, 9.17) is 9.47 Å². The molecule has 2 bridgehead atoms. The maximum atomic E-state index is 12.0. The molecule has 5 heteroatoms. The highest BCUT2D eigenvalue weighted by Crippen LogP contribution is 2.36. The van der Waals surface area contributed by atoms with Gasteiger partial charge in [0.15, 0.2) is 0 Å². The Balaban J connectivity index is 1.42. The predicted molar refractivity (Wildman–Crippen MR) is 112 cm³/mol. The Morgan fingerprint density at radius 2 is 1.76 bits per heavy atom. The van der Waals surface area contributed by atoms with E-state index < -0.39 is 0 Å². The molecular weight excluding hydrogens is 364 g/mol. The normalized spacial score (nSPS) is 22.9. The van der Waals surface area contributed by atoms with Gasteiger partial charge in [-0.1, -0.05) is 18.2 Å². The highest BCUT2D eigenvalue weighted by Gasteiger charge is 2.30. The van der Waals surface area contributed by atoms with Crippen LogP contribution in [0.1, 0.15) is 47.2 Å². The SMILES string of the molecule is COc1ccc(C2=C(COc3ccc4c(c3)C(=O)NC4)CC3CCC(C2)N3)cc1. The molecule has 5 nitrogen and oxygen atoms in total. The van der Waals surface area contributed by atoms with Crippen LogP contribution >= 0.6 is 0 Å². The Bertz CT molecular complexity index is 965. The standard InChI is InChI=1S/C24H26N2O3/c1-28-20-7-2-15(3-8-20)22-11-19-6-5-18(26-19)10-17(22)14-29-21-9-4-16-13-25-24(27)23(16)12-21/h2-4,7-9,12,18-19,26H,5-6,10-11,13-14H2,1H3,(H,25,27). The molecule has 0 radical (unpaired) electrons. The first-order chi connectivity index (χ1) is 14.2. The first-order valence-electron chi connectivity index (χ1n) is 10.3. The van der Waals surface area contributed by atoms with Crippen molar-refractivity contribution in [3.05, 3.63) is 64.7 Å². The Labute approximate surface area is 171 Å². The minimum absolute atomic E-state index is 0.0143. The van der Waals surface area contributed by atoms with Crippen LogP contribution in [0.3, 0.4) is 0 Å². The lowest BCUT2D eigenvalue weighted by Crippen LogP contribution is -2.27. The zero-order valence-corrected chi connectivity index (χ0v) is 16.7. The average Bonchev–Trinajstić information content (AvgIpc) is 3.29. The molecule has 0 saturated carbocycles. The molecule has 3 aliphatic rings. The van der Waals surface area contributed by atoms with Crippen molar-refractivity contribution in [3.8, 4) is 11.5 Å². The summed E-state index contributed by atoms with van der Waals surface area (Å²) < 4.78 is 11.5. The topological polar surface area (TPSA) is 59.6 Å². The summed E-state index contributed by atoms with van der Waals surface area (Å²) in [7, 11) is 1.69. The van der Waals surface area contributed by atoms with Crippen molar-refractivity contribution < 1.29 is 14.3 Å². The van der Waals surface area contributed by atoms with E-state index in [0.29, 0.717) is 25.2 Å². The number of carbonyl (C=O) groups excluding carboxylic acids is 1. The Hall–Kier alpha value is -2.79. The van der Waals surface area contributed by atoms with Crippen LogP contribution in [-0.2, 0) is 6.54 Å². The molecule has 1 fully saturated rings. The van der Waals surface area contributed by atoms with Gasteiger partial charge in [-0.2, -0.15) is 0 Å². The van der Waals surface area contributed by atoms with E-state index in [0.717, 1.165) is 35.5 Å². The number of rotatable bonds is 5. The molecule has 5 rings (SSSR count). The summed E-state index contributed by atoms with van der Waals surface area (Å²) in [6.45, 7) is 1.16. The van der Waals surface area contributed by atoms with Gasteiger partial charge in [0.05, 0.1) is 7.11 Å². The Morgan fingerprint density at radius 3 is 2.55 bits per heavy atom. The van der Waals surface area contributed by atoms with Gasteiger partial charge in [-0.3, -0.25) is 4.79 Å². The van der Waals surface area contributed by atoms with Gasteiger partial charge >= 0.3 is 0 Å². The van der Waals surface area contributed by atoms with Crippen molar-refractivity contribution in [1.82, 2.24) is 10.6 Å². The van der Waals surface area contributed by atoms with E-state index in [-0.39, 0.29) is 5.91 Å². The molecule has 2 unspecified atom stereocenters. The van der Waals surface area contributed by atoms with Crippen molar-refractivity contribution in [2.45, 2.75) is 44.3 Å². The number of benzene rings is 2. The number of carbonyl (C=O) groups is 1. The van der Waals surface area contributed by atoms with Crippen LogP contribution in [0.25, 0.3) is 5.57 Å². The summed E-state index contributed by atoms with van der Waals surface area (Å²) in [4.78, 5) is 12.0. The molecule has 2 atom stereocenters. The number of hydrogen-bond acceptors (Lipinski definition) is 4. The Kier molecular flexibility index (Phi) is 4.76. The van der Waals surface area contributed by atoms with Crippen LogP contribution in [0.2, 0.25) is 0 Å². The van der Waals surface area contributed by atoms with Gasteiger partial charge in [-0.05, 0) is 72.2 Å². The van der Waals surface area contributed by atoms with Gasteiger partial charge in [-0.25, -0.2) is 0 Å². The fourth-order valence-electron chi connectivity index (χ4n) is 4.75. The monoisotopic (exact) mass is 390 g/mol. The van der Waals surface area contributed by atoms with E-state index in [2.05, 4.69) is 22.8 Å². The molecule has 2 N–H and O–H groups in total. The smallest absolute Gasteiger partial charge is 0.252 e. The van der Waals surface area contributed by atoms with Gasteiger partial charge in [0.2, 0.25) is 0 Å². The highest BCUT2D eigenvalue weighted by atomic mass is 16.5. The number of amides is 1. The van der Waals surface area contributed by atoms with Crippen LogP contribution in [0.15, 0.2) is 48.0 Å². The maximum Gasteiger partial charge on any atom is 0.252 e. The average molecular weight is 390 g/mol. The fourth-order valence-corrected chi connectivity index (χ4v) is 4.75. The molecule has 29 heavy (non-hydrogen) atoms. The number of methoxy groups -OCH3 is 1. The molecule has 1 saturated heterocycles. The van der Waals surface area contributed by atoms with Crippen molar-refractivity contribution in [1.29, 1.82) is 0 Å². The number of hydrogen-bond donors (Lipinski definition) is 2. The first kappa shape index (κ1) is 18.3. The van der Waals surface area contributed by atoms with Gasteiger partial charge in [0, 0.05) is 24.2 Å². The van der Waals surface area contributed by atoms with Crippen molar-refractivity contribution in [3.63, 3.8) is 0 Å². The van der Waals surface area contributed by atoms with Crippen LogP contribution in [0, 0.1) is 0 Å². The van der Waals surface area contributed by atoms with Gasteiger partial charge in [0.25, 0.3) is 5.91 Å². The minimum atomic E-state index is -0.0143. The third kappa shape index (κ3) is 3.62. The first-order valence-corrected chi connectivity index (χ1v) is 10.3. The molecule has 150 valence electrons. The van der Waals surface area contributed by atoms with Crippen LogP contribution in [0.5, 0.6) is 11.5 Å². The zero-order chi connectivity index (χ0) is 19.8. The molecule has 0 aromatic heterocycles. The largest absolute Gasteiger partial charge is 0.497 e. The molecule has 3 heterocycles. The molecule has 1 amide bonds. The summed E-state index contributed by atoms with van der Waals surface area (Å²) in [5, 5.41) is 6.63. The van der Waals surface area contributed by atoms with Gasteiger partial charge in [-0.15, -0.1) is 0 Å². The van der Waals surface area contributed by atoms with Crippen molar-refractivity contribution >= 4 is 11.5 Å². The lowest BCUT2D eigenvalue weighted by molar-refractivity contribution is 0.0965. The molecule has 0 aliphatic carbocycles. The zero-order valence-electron chi connectivity index (χ0n) is 16.7. The summed E-state index contributed by atoms with van der Waals surface area (Å²) >= 11 is 0. The number of ether oxygens (including phenoxy) is 2. The highest BCUT2D eigenvalue weighted by molar-refractivity contribution is 5.98. The number of fused-ring (bicyclic) bond motifs is 3. The molecule has 2 aromatic rings. The minimum Gasteiger partial charge on any atom is -0.497 e. The van der Waals surface area contributed by atoms with E-state index >= 15 is 0 Å². The summed E-state index contributed by atoms with van der Waals surface area (Å²) in [5.41, 5.74) is 5.74. The molecule has 0 spiro atoms. The Morgan fingerprint density at radius 1 is 1.00 bits per heavy atom. The summed E-state index contributed by atoms with van der Waals surface area (Å²) in [6, 6.07) is 15.2. The quantitative estimate of drug-likeness (QED) is 0.818. The number of nitrogens with one attached hydrogen (secondary N) is 2. The predicted octanol–water partition coefficient (Wildman–Crippen LogP) is 3.69. The molecule has 2 aromatic carbocycles. The van der Waals surface area contributed by atoms with Crippen LogP contribution in [0.4, 0.5) is 0 Å². The van der Waals surface area contributed by atoms with Crippen LogP contribution < -0.4 is 20.1 Å². The second kappa shape index (κ2) is 7.56. The third-order valence-corrected chi connectivity index (χ3v) is 6.32. The molecule has 3 aliphatic heterocycles.